The number of nitrogens with zero attached hydrogens (tertiary/aromatic N) is 10. The number of nitrogens with two attached hydrogens (primary N) is 2. The van der Waals surface area contributed by atoms with Gasteiger partial charge in [-0.3, -0.25) is 14.4 Å². The Hall–Kier alpha value is -8.02. The first kappa shape index (κ1) is 79.0. The molecule has 0 saturated heterocycles. The van der Waals surface area contributed by atoms with Crippen molar-refractivity contribution in [3.05, 3.63) is 157 Å². The Balaban J connectivity index is 0.000000227. The second-order valence-electron chi connectivity index (χ2n) is 22.8. The van der Waals surface area contributed by atoms with Crippen LogP contribution >= 0.6 is 71.4 Å². The standard InChI is InChI=1S/C23H27N7OS.C23H26N6O2S.C20H16N6O2S2.CH4.2ClH.Na/c1-13-4-7-17(10-18(13)27-16-8-5-15(24)6-9-16)28-20(31)12-32-23-29-19-11-26-22(25-3)14(2)21(19)30-23;1-13-4-7-16(10-19(13)31-17-8-5-15(24)6-9-17)27-20(30)12-32-23-28-18-11-26-22(25-3)14(2)21(18)29-23;1-10-4-5-12(6-14(10)27)24-19(28)15-8-22-16(30-15)9-29-20-25-13-7-23-18(21-3)11(2)17(13)26-20;;;;/h4,7,10-11,15-16,27H,5-6,8-9,12,24H2,1-2H3,(H,28,31)(H,29,30);4,7,10-11,15,17H,5-6,8-9,12,24H2,1-2H3,(H,27,30)(H,28,29);4-8,27H,9H2,1-2H3,(H,24,28)(H,25,26);1H4;2*1H;/q;;;;;;+1/p-1. The topological polar surface area (TPSA) is 334 Å². The van der Waals surface area contributed by atoms with E-state index < -0.39 is 0 Å². The molecule has 2 fully saturated rings. The number of aromatic amines is 3. The number of carbonyl (C=O) groups is 3. The molecule has 0 bridgehead atoms. The van der Waals surface area contributed by atoms with Gasteiger partial charge in [0.05, 0.1) is 46.1 Å². The molecule has 0 spiro atoms. The van der Waals surface area contributed by atoms with Crippen molar-refractivity contribution in [2.24, 2.45) is 11.5 Å². The van der Waals surface area contributed by atoms with Crippen LogP contribution in [0.3, 0.4) is 0 Å². The summed E-state index contributed by atoms with van der Waals surface area (Å²) < 4.78 is 6.20. The molecule has 31 heteroatoms. The number of aromatic nitrogens is 10. The quantitative estimate of drug-likeness (QED) is 0.0232. The fraction of sp³-hybridized carbons (Fsp3) is 0.328. The molecule has 7 heterocycles. The van der Waals surface area contributed by atoms with E-state index in [9.17, 15) is 19.5 Å². The van der Waals surface area contributed by atoms with E-state index in [1.165, 1.54) is 58.9 Å². The summed E-state index contributed by atoms with van der Waals surface area (Å²) in [7, 11) is 0. The van der Waals surface area contributed by atoms with Crippen molar-refractivity contribution in [2.45, 2.75) is 146 Å². The number of amides is 3. The molecule has 98 heavy (non-hydrogen) atoms. The van der Waals surface area contributed by atoms with Crippen LogP contribution < -0.4 is 72.1 Å². The summed E-state index contributed by atoms with van der Waals surface area (Å²) in [5.41, 5.74) is 24.5. The van der Waals surface area contributed by atoms with Gasteiger partial charge in [0.2, 0.25) is 11.8 Å². The Morgan fingerprint density at radius 2 is 1.03 bits per heavy atom. The Bertz CT molecular complexity index is 4400. The molecule has 506 valence electrons. The molecule has 24 nitrogen and oxygen atoms in total. The first-order chi connectivity index (χ1) is 45.3. The average Bonchev–Trinajstić information content (AvgIpc) is 1.68. The zero-order valence-electron chi connectivity index (χ0n) is 54.2. The predicted molar refractivity (Wildman–Crippen MR) is 392 cm³/mol. The number of thiazole rings is 1. The molecule has 0 unspecified atom stereocenters. The van der Waals surface area contributed by atoms with Gasteiger partial charge >= 0.3 is 29.6 Å². The number of halogens is 2. The summed E-state index contributed by atoms with van der Waals surface area (Å²) in [6.07, 6.45) is 14.6. The maximum absolute atomic E-state index is 12.5. The SMILES string of the molecule is C.Cl.Cl.[C-]#[N+]c1ncc2[nH]c(SCC(=O)Nc3ccc(C)c(NC4CCC(N)CC4)c3)nc2c1C.[C-]#[N+]c1ncc2[nH]c(SCC(=O)Nc3ccc(C)c(OC4CCC(N)CC4)c3)nc2c1C.[C-]#[N+]c1ncc2[nH]c(SCc3ncc(C(=O)Nc4ccc(C)c([O-])c4)s3)nc2c1C.[Na+]. The van der Waals surface area contributed by atoms with Gasteiger partial charge in [0.25, 0.3) is 23.4 Å². The number of H-pyrrole nitrogens is 3. The molecule has 2 aliphatic carbocycles. The van der Waals surface area contributed by atoms with Gasteiger partial charge in [-0.25, -0.2) is 19.9 Å². The second-order valence-corrected chi connectivity index (χ2v) is 26.8. The number of rotatable bonds is 17. The van der Waals surface area contributed by atoms with E-state index in [1.807, 2.05) is 64.1 Å². The zero-order valence-corrected chi connectivity index (χ0v) is 61.1. The van der Waals surface area contributed by atoms with Crippen LogP contribution in [0.1, 0.15) is 107 Å². The number of hydrogen-bond acceptors (Lipinski definition) is 19. The number of benzene rings is 3. The monoisotopic (exact) mass is 1450 g/mol. The van der Waals surface area contributed by atoms with Crippen LogP contribution in [0.5, 0.6) is 11.5 Å². The van der Waals surface area contributed by atoms with Crippen molar-refractivity contribution in [3.63, 3.8) is 0 Å². The maximum Gasteiger partial charge on any atom is 1.00 e. The minimum Gasteiger partial charge on any atom is -0.872 e. The molecule has 2 saturated carbocycles. The Morgan fingerprint density at radius 3 is 1.51 bits per heavy atom. The predicted octanol–water partition coefficient (Wildman–Crippen LogP) is 11.7. The van der Waals surface area contributed by atoms with Crippen molar-refractivity contribution in [2.75, 3.05) is 32.8 Å². The van der Waals surface area contributed by atoms with E-state index >= 15 is 0 Å². The minimum atomic E-state index is -0.302. The van der Waals surface area contributed by atoms with Gasteiger partial charge in [-0.1, -0.05) is 86.2 Å². The number of imidazole rings is 3. The molecule has 7 aromatic heterocycles. The molecule has 0 atom stereocenters. The number of fused-ring (bicyclic) bond motifs is 3. The second kappa shape index (κ2) is 36.7. The van der Waals surface area contributed by atoms with Crippen LogP contribution in [-0.4, -0.2) is 103 Å². The van der Waals surface area contributed by atoms with Gasteiger partial charge in [0.1, 0.15) is 50.8 Å². The largest absolute Gasteiger partial charge is 1.00 e. The van der Waals surface area contributed by atoms with E-state index in [4.69, 9.17) is 35.9 Å². The van der Waals surface area contributed by atoms with Crippen LogP contribution in [0.15, 0.2) is 94.9 Å². The number of hydrogen-bond donors (Lipinski definition) is 9. The van der Waals surface area contributed by atoms with Crippen molar-refractivity contribution in [1.82, 2.24) is 49.8 Å². The van der Waals surface area contributed by atoms with Crippen molar-refractivity contribution in [1.29, 1.82) is 0 Å². The number of thioether (sulfide) groups is 3. The third-order valence-electron chi connectivity index (χ3n) is 15.8. The smallest absolute Gasteiger partial charge is 0.872 e. The van der Waals surface area contributed by atoms with Crippen molar-refractivity contribution in [3.8, 4) is 11.5 Å². The van der Waals surface area contributed by atoms with Gasteiger partial charge in [-0.15, -0.1) is 56.9 Å². The third kappa shape index (κ3) is 20.5. The van der Waals surface area contributed by atoms with Crippen LogP contribution in [0.25, 0.3) is 47.6 Å². The Morgan fingerprint density at radius 1 is 0.592 bits per heavy atom. The number of nitrogens with one attached hydrogen (secondary N) is 7. The van der Waals surface area contributed by atoms with E-state index in [-0.39, 0.29) is 109 Å². The first-order valence-electron chi connectivity index (χ1n) is 30.2. The summed E-state index contributed by atoms with van der Waals surface area (Å²) in [6.45, 7) is 32.8. The Kier molecular flexibility index (Phi) is 29.6. The molecule has 3 aromatic carbocycles. The third-order valence-corrected chi connectivity index (χ3v) is 19.7. The molecule has 2 aliphatic rings. The summed E-state index contributed by atoms with van der Waals surface area (Å²) >= 11 is 5.37. The molecule has 12 rings (SSSR count). The molecule has 10 aromatic rings. The van der Waals surface area contributed by atoms with Crippen molar-refractivity contribution >= 4 is 162 Å². The molecule has 11 N–H and O–H groups in total. The summed E-state index contributed by atoms with van der Waals surface area (Å²) in [4.78, 5) is 87.9. The van der Waals surface area contributed by atoms with Gasteiger partial charge < -0.3 is 72.1 Å². The van der Waals surface area contributed by atoms with Crippen LogP contribution in [-0.2, 0) is 15.3 Å². The zero-order chi connectivity index (χ0) is 66.6. The van der Waals surface area contributed by atoms with E-state index in [0.717, 1.165) is 123 Å². The van der Waals surface area contributed by atoms with Crippen LogP contribution in [0.4, 0.5) is 40.2 Å². The van der Waals surface area contributed by atoms with Gasteiger partial charge in [-0.2, -0.15) is 0 Å². The summed E-state index contributed by atoms with van der Waals surface area (Å²) in [6, 6.07) is 17.4. The summed E-state index contributed by atoms with van der Waals surface area (Å²) in [5.74, 6) is 2.13. The van der Waals surface area contributed by atoms with Crippen LogP contribution in [0.2, 0.25) is 0 Å². The van der Waals surface area contributed by atoms with Gasteiger partial charge in [-0.05, 0) is 134 Å². The molecule has 3 amide bonds. The van der Waals surface area contributed by atoms with Crippen molar-refractivity contribution < 1.29 is 53.8 Å². The van der Waals surface area contributed by atoms with Gasteiger partial charge in [0, 0.05) is 63.6 Å². The van der Waals surface area contributed by atoms with E-state index in [0.29, 0.717) is 83.6 Å². The molecular formula is C67H74Cl2N19NaO5S4. The van der Waals surface area contributed by atoms with Gasteiger partial charge in [0.15, 0.2) is 15.5 Å². The molecule has 0 aliphatic heterocycles. The number of carbonyl (C=O) groups excluding carboxylic acids is 3. The minimum absolute atomic E-state index is 0. The van der Waals surface area contributed by atoms with Crippen LogP contribution in [0, 0.1) is 61.3 Å². The Labute approximate surface area is 619 Å². The molecule has 0 radical (unpaired) electrons. The summed E-state index contributed by atoms with van der Waals surface area (Å²) in [5, 5.41) is 26.7. The average molecular weight is 1450 g/mol. The normalized spacial score (nSPS) is 15.3. The van der Waals surface area contributed by atoms with E-state index in [1.54, 1.807) is 37.6 Å². The number of aryl methyl sites for hydroxylation is 6. The number of pyridine rings is 3. The number of ether oxygens (including phenoxy) is 1. The first-order valence-corrected chi connectivity index (χ1v) is 33.9. The maximum atomic E-state index is 12.5. The molecular weight excluding hydrogens is 1370 g/mol. The fourth-order valence-corrected chi connectivity index (χ4v) is 13.5. The number of anilines is 4. The fourth-order valence-electron chi connectivity index (χ4n) is 10.4. The van der Waals surface area contributed by atoms with E-state index in [2.05, 4.69) is 92.6 Å².